The average Bonchev–Trinajstić information content (AvgIpc) is 3.96. The molecule has 330 valence electrons. The highest BCUT2D eigenvalue weighted by molar-refractivity contribution is 5.90. The van der Waals surface area contributed by atoms with Gasteiger partial charge in [-0.3, -0.25) is 9.59 Å². The van der Waals surface area contributed by atoms with Crippen molar-refractivity contribution in [2.75, 3.05) is 20.3 Å². The molecule has 0 spiro atoms. The predicted molar refractivity (Wildman–Crippen MR) is 216 cm³/mol. The van der Waals surface area contributed by atoms with Gasteiger partial charge in [0.2, 0.25) is 12.0 Å². The van der Waals surface area contributed by atoms with Gasteiger partial charge < -0.3 is 84.8 Å². The van der Waals surface area contributed by atoms with Crippen LogP contribution in [0.15, 0.2) is 73.1 Å². The number of esters is 1. The van der Waals surface area contributed by atoms with Crippen molar-refractivity contribution in [3.05, 3.63) is 101 Å². The van der Waals surface area contributed by atoms with Crippen molar-refractivity contribution in [3.8, 4) is 28.7 Å². The smallest absolute Gasteiger partial charge is 0.317 e. The number of benzene rings is 3. The molecule has 1 saturated heterocycles. The zero-order valence-electron chi connectivity index (χ0n) is 33.4. The summed E-state index contributed by atoms with van der Waals surface area (Å²) in [6.07, 6.45) is -10.5. The van der Waals surface area contributed by atoms with Gasteiger partial charge in [-0.15, -0.1) is 0 Å². The van der Waals surface area contributed by atoms with E-state index in [1.807, 2.05) is 53.2 Å². The maximum absolute atomic E-state index is 12.4. The van der Waals surface area contributed by atoms with Gasteiger partial charge in [0.15, 0.2) is 17.6 Å². The van der Waals surface area contributed by atoms with E-state index in [-0.39, 0.29) is 32.1 Å². The van der Waals surface area contributed by atoms with Crippen molar-refractivity contribution >= 4 is 22.8 Å². The second kappa shape index (κ2) is 17.8. The first-order chi connectivity index (χ1) is 29.9. The number of hydrogen-bond acceptors (Lipinski definition) is 16. The lowest BCUT2D eigenvalue weighted by atomic mass is 9.80. The van der Waals surface area contributed by atoms with Crippen molar-refractivity contribution in [3.63, 3.8) is 0 Å². The van der Waals surface area contributed by atoms with Crippen LogP contribution >= 0.6 is 0 Å². The molecular formula is C43H48N4O15. The molecule has 9 unspecified atom stereocenters. The van der Waals surface area contributed by atoms with Crippen LogP contribution in [-0.4, -0.2) is 122 Å². The molecule has 19 heteroatoms. The topological polar surface area (TPSA) is 293 Å². The van der Waals surface area contributed by atoms with E-state index in [1.165, 1.54) is 7.11 Å². The van der Waals surface area contributed by atoms with E-state index in [9.17, 15) is 35.1 Å². The summed E-state index contributed by atoms with van der Waals surface area (Å²) in [7, 11) is 1.51. The molecule has 11 N–H and O–H groups in total. The van der Waals surface area contributed by atoms with Gasteiger partial charge in [0.05, 0.1) is 43.6 Å². The third-order valence-corrected chi connectivity index (χ3v) is 11.4. The maximum Gasteiger partial charge on any atom is 0.317 e. The zero-order chi connectivity index (χ0) is 43.8. The zero-order valence-corrected chi connectivity index (χ0v) is 33.4. The number of aliphatic carboxylic acids is 1. The highest BCUT2D eigenvalue weighted by Crippen LogP contribution is 2.59. The van der Waals surface area contributed by atoms with Gasteiger partial charge in [-0.1, -0.05) is 36.4 Å². The van der Waals surface area contributed by atoms with E-state index in [4.69, 9.17) is 49.7 Å². The first-order valence-corrected chi connectivity index (χ1v) is 19.9. The summed E-state index contributed by atoms with van der Waals surface area (Å²) in [6.45, 7) is -0.429. The van der Waals surface area contributed by atoms with Gasteiger partial charge in [0, 0.05) is 47.9 Å². The van der Waals surface area contributed by atoms with E-state index in [0.717, 1.165) is 22.0 Å². The van der Waals surface area contributed by atoms with Crippen molar-refractivity contribution in [2.24, 2.45) is 11.5 Å². The fourth-order valence-corrected chi connectivity index (χ4v) is 8.59. The maximum atomic E-state index is 12.4. The standard InChI is InChI=1S/C43H48N4O15/c1-56-26-8-7-24-32-27(13-20-5-3-2-4-6-20)59-28-15-23(58-43-36(55)34(53)35(54)40(62-43)41(42(44)45)60-30(52)16-29(50)51)14-22(18-47-17-21-9-10-46-33(21)25(47)19-49)31(28)39(32)61-37(24)38(26)57-12-11-48/h2-10,14-15,17,27,32,34-36,39-43,46,48-49,53-55H,11-13,16,18-19,44-45H2,1H3,(H,50,51). The number of carboxylic acids is 1. The number of aromatic amines is 1. The summed E-state index contributed by atoms with van der Waals surface area (Å²) < 4.78 is 44.8. The molecule has 62 heavy (non-hydrogen) atoms. The highest BCUT2D eigenvalue weighted by atomic mass is 16.7. The van der Waals surface area contributed by atoms with E-state index >= 15 is 0 Å². The number of nitrogens with one attached hydrogen (secondary N) is 1. The normalized spacial score (nSPS) is 24.3. The molecule has 0 radical (unpaired) electrons. The largest absolute Gasteiger partial charge is 0.493 e. The Bertz CT molecular complexity index is 2400. The first kappa shape index (κ1) is 42.8. The predicted octanol–water partition coefficient (Wildman–Crippen LogP) is 0.927. The summed E-state index contributed by atoms with van der Waals surface area (Å²) in [5.74, 6) is -1.56. The Morgan fingerprint density at radius 3 is 2.48 bits per heavy atom. The van der Waals surface area contributed by atoms with Gasteiger partial charge >= 0.3 is 11.9 Å². The van der Waals surface area contributed by atoms with Crippen LogP contribution in [0.2, 0.25) is 0 Å². The molecular weight excluding hydrogens is 812 g/mol. The molecule has 5 heterocycles. The Morgan fingerprint density at radius 2 is 1.77 bits per heavy atom. The molecule has 0 saturated carbocycles. The minimum atomic E-state index is -1.93. The van der Waals surface area contributed by atoms with Gasteiger partial charge in [-0.2, -0.15) is 0 Å². The fraction of sp³-hybridized carbons (Fsp3) is 0.395. The monoisotopic (exact) mass is 860 g/mol. The highest BCUT2D eigenvalue weighted by Gasteiger charge is 2.52. The number of nitrogens with two attached hydrogens (primary N) is 2. The average molecular weight is 861 g/mol. The lowest BCUT2D eigenvalue weighted by Gasteiger charge is -2.43. The Labute approximate surface area is 353 Å². The second-order valence-electron chi connectivity index (χ2n) is 15.3. The summed E-state index contributed by atoms with van der Waals surface area (Å²) in [5.41, 5.74) is 16.1. The Balaban J connectivity index is 1.23. The lowest BCUT2D eigenvalue weighted by Crippen LogP contribution is -2.66. The number of nitrogens with zero attached hydrogens (tertiary/aromatic N) is 1. The first-order valence-electron chi connectivity index (χ1n) is 19.9. The van der Waals surface area contributed by atoms with Crippen LogP contribution in [0.4, 0.5) is 0 Å². The van der Waals surface area contributed by atoms with Gasteiger partial charge in [0.1, 0.15) is 61.2 Å². The number of H-pyrrole nitrogens is 1. The molecule has 3 aliphatic heterocycles. The molecule has 1 fully saturated rings. The summed E-state index contributed by atoms with van der Waals surface area (Å²) in [4.78, 5) is 26.7. The van der Waals surface area contributed by atoms with Crippen LogP contribution in [-0.2, 0) is 38.6 Å². The van der Waals surface area contributed by atoms with Crippen molar-refractivity contribution in [1.82, 2.24) is 9.55 Å². The Kier molecular flexibility index (Phi) is 12.3. The van der Waals surface area contributed by atoms with Gasteiger partial charge in [0.25, 0.3) is 0 Å². The number of rotatable bonds is 16. The van der Waals surface area contributed by atoms with Crippen LogP contribution in [0.5, 0.6) is 28.7 Å². The van der Waals surface area contributed by atoms with Crippen molar-refractivity contribution < 1.29 is 73.4 Å². The lowest BCUT2D eigenvalue weighted by molar-refractivity contribution is -0.291. The van der Waals surface area contributed by atoms with Crippen molar-refractivity contribution in [2.45, 2.75) is 87.1 Å². The molecule has 8 rings (SSSR count). The number of methoxy groups -OCH3 is 1. The third-order valence-electron chi connectivity index (χ3n) is 11.4. The van der Waals surface area contributed by atoms with Crippen LogP contribution in [0.3, 0.4) is 0 Å². The number of ether oxygens (including phenoxy) is 7. The minimum Gasteiger partial charge on any atom is -0.493 e. The van der Waals surface area contributed by atoms with Crippen LogP contribution in [0, 0.1) is 0 Å². The number of carbonyl (C=O) groups excluding carboxylic acids is 1. The van der Waals surface area contributed by atoms with E-state index < -0.39 is 79.5 Å². The van der Waals surface area contributed by atoms with Crippen LogP contribution < -0.4 is 35.2 Å². The minimum absolute atomic E-state index is 0.0207. The molecule has 5 aromatic rings. The number of aliphatic hydroxyl groups excluding tert-OH is 5. The van der Waals surface area contributed by atoms with Crippen LogP contribution in [0.1, 0.15) is 46.4 Å². The molecule has 0 bridgehead atoms. The Morgan fingerprint density at radius 1 is 0.984 bits per heavy atom. The summed E-state index contributed by atoms with van der Waals surface area (Å²) in [6, 6.07) is 18.6. The second-order valence-corrected chi connectivity index (χ2v) is 15.3. The number of hydrogen-bond donors (Lipinski definition) is 9. The number of carbonyl (C=O) groups is 2. The van der Waals surface area contributed by atoms with Crippen LogP contribution in [0.25, 0.3) is 10.9 Å². The molecule has 2 aromatic heterocycles. The number of fused-ring (bicyclic) bond motifs is 6. The SMILES string of the molecule is COc1ccc2c(c1OCCO)OC1c3c(Cn4cc5cc[nH]c5c4CO)cc(OC4OC(C(OC(=O)CC(=O)O)C(N)N)C(O)C(O)C4O)cc3OC(Cc3ccccc3)C21. The number of aliphatic hydroxyl groups is 5. The molecule has 0 aliphatic carbocycles. The van der Waals surface area contributed by atoms with Gasteiger partial charge in [-0.05, 0) is 29.3 Å². The quantitative estimate of drug-likeness (QED) is 0.0379. The van der Waals surface area contributed by atoms with E-state index in [0.29, 0.717) is 46.2 Å². The number of aromatic nitrogens is 2. The Hall–Kier alpha value is -5.90. The van der Waals surface area contributed by atoms with Crippen molar-refractivity contribution in [1.29, 1.82) is 0 Å². The summed E-state index contributed by atoms with van der Waals surface area (Å²) >= 11 is 0. The molecule has 3 aromatic carbocycles. The molecule has 19 nitrogen and oxygen atoms in total. The molecule has 3 aliphatic rings. The van der Waals surface area contributed by atoms with Gasteiger partial charge in [-0.25, -0.2) is 0 Å². The fourth-order valence-electron chi connectivity index (χ4n) is 8.59. The molecule has 0 amide bonds. The van der Waals surface area contributed by atoms with E-state index in [2.05, 4.69) is 4.98 Å². The van der Waals surface area contributed by atoms with E-state index in [1.54, 1.807) is 24.4 Å². The summed E-state index contributed by atoms with van der Waals surface area (Å²) in [5, 5.41) is 63.4. The molecule has 9 atom stereocenters. The third kappa shape index (κ3) is 8.12. The number of carboxylic acid groups (broad SMARTS) is 1.